The van der Waals surface area contributed by atoms with Gasteiger partial charge in [-0.05, 0) is 35.9 Å². The maximum Gasteiger partial charge on any atom is 0.328 e. The van der Waals surface area contributed by atoms with Crippen molar-refractivity contribution in [2.24, 2.45) is 0 Å². The van der Waals surface area contributed by atoms with Crippen molar-refractivity contribution in [3.63, 3.8) is 0 Å². The Hall–Kier alpha value is -1.85. The minimum atomic E-state index is -1.06. The van der Waals surface area contributed by atoms with Gasteiger partial charge in [-0.2, -0.15) is 0 Å². The van der Waals surface area contributed by atoms with E-state index in [9.17, 15) is 9.18 Å². The van der Waals surface area contributed by atoms with E-state index in [1.807, 2.05) is 12.1 Å². The zero-order valence-electron chi connectivity index (χ0n) is 11.2. The summed E-state index contributed by atoms with van der Waals surface area (Å²) in [4.78, 5) is 13.3. The van der Waals surface area contributed by atoms with Crippen LogP contribution in [-0.2, 0) is 11.3 Å². The van der Waals surface area contributed by atoms with Crippen LogP contribution in [0.2, 0.25) is 4.34 Å². The Labute approximate surface area is 130 Å². The number of hydrogen-bond donors (Lipinski definition) is 1. The molecule has 0 atom stereocenters. The van der Waals surface area contributed by atoms with Crippen LogP contribution in [0.3, 0.4) is 0 Å². The molecule has 0 radical (unpaired) electrons. The van der Waals surface area contributed by atoms with Gasteiger partial charge in [0.1, 0.15) is 5.82 Å². The maximum absolute atomic E-state index is 14.1. The monoisotopic (exact) mass is 325 g/mol. The Bertz CT molecular complexity index is 684. The predicted octanol–water partition coefficient (Wildman–Crippen LogP) is 4.27. The molecule has 3 nitrogen and oxygen atoms in total. The number of rotatable bonds is 5. The molecule has 0 bridgehead atoms. The summed E-state index contributed by atoms with van der Waals surface area (Å²) in [5, 5.41) is 8.55. The number of nitrogens with zero attached hydrogens (tertiary/aromatic N) is 1. The van der Waals surface area contributed by atoms with E-state index in [0.29, 0.717) is 22.1 Å². The van der Waals surface area contributed by atoms with Gasteiger partial charge < -0.3 is 10.0 Å². The van der Waals surface area contributed by atoms with E-state index in [4.69, 9.17) is 16.7 Å². The van der Waals surface area contributed by atoms with E-state index in [2.05, 4.69) is 0 Å². The van der Waals surface area contributed by atoms with Gasteiger partial charge in [0.2, 0.25) is 0 Å². The molecule has 1 N–H and O–H groups in total. The van der Waals surface area contributed by atoms with Crippen LogP contribution in [0.25, 0.3) is 6.08 Å². The van der Waals surface area contributed by atoms with Gasteiger partial charge in [-0.15, -0.1) is 11.3 Å². The van der Waals surface area contributed by atoms with E-state index >= 15 is 0 Å². The normalized spacial score (nSPS) is 11.0. The molecular weight excluding hydrogens is 313 g/mol. The first kappa shape index (κ1) is 15.5. The van der Waals surface area contributed by atoms with Gasteiger partial charge in [0.15, 0.2) is 0 Å². The fraction of sp³-hybridized carbons (Fsp3) is 0.133. The van der Waals surface area contributed by atoms with Gasteiger partial charge in [0.25, 0.3) is 0 Å². The zero-order valence-corrected chi connectivity index (χ0v) is 12.8. The van der Waals surface area contributed by atoms with E-state index in [1.165, 1.54) is 23.5 Å². The fourth-order valence-electron chi connectivity index (χ4n) is 1.86. The molecule has 21 heavy (non-hydrogen) atoms. The van der Waals surface area contributed by atoms with Crippen molar-refractivity contribution in [2.75, 3.05) is 11.9 Å². The number of carboxylic acid groups (broad SMARTS) is 1. The number of hydrogen-bond acceptors (Lipinski definition) is 3. The highest BCUT2D eigenvalue weighted by Gasteiger charge is 2.09. The number of carbonyl (C=O) groups is 1. The molecule has 2 rings (SSSR count). The van der Waals surface area contributed by atoms with Gasteiger partial charge in [-0.1, -0.05) is 17.7 Å². The Morgan fingerprint density at radius 1 is 1.43 bits per heavy atom. The maximum atomic E-state index is 14.1. The molecule has 6 heteroatoms. The highest BCUT2D eigenvalue weighted by molar-refractivity contribution is 7.16. The van der Waals surface area contributed by atoms with Crippen LogP contribution in [-0.4, -0.2) is 18.1 Å². The van der Waals surface area contributed by atoms with Crippen molar-refractivity contribution in [1.29, 1.82) is 0 Å². The molecule has 0 fully saturated rings. The number of carboxylic acids is 1. The highest BCUT2D eigenvalue weighted by Crippen LogP contribution is 2.26. The summed E-state index contributed by atoms with van der Waals surface area (Å²) < 4.78 is 14.8. The van der Waals surface area contributed by atoms with Crippen LogP contribution >= 0.6 is 22.9 Å². The van der Waals surface area contributed by atoms with E-state index in [1.54, 1.807) is 24.1 Å². The summed E-state index contributed by atoms with van der Waals surface area (Å²) in [6.07, 6.45) is 2.33. The van der Waals surface area contributed by atoms with Crippen molar-refractivity contribution in [3.05, 3.63) is 57.0 Å². The van der Waals surface area contributed by atoms with E-state index in [0.717, 1.165) is 11.0 Å². The molecule has 1 aromatic heterocycles. The van der Waals surface area contributed by atoms with E-state index in [-0.39, 0.29) is 0 Å². The Morgan fingerprint density at radius 3 is 2.76 bits per heavy atom. The van der Waals surface area contributed by atoms with Crippen LogP contribution in [0.15, 0.2) is 36.4 Å². The fourth-order valence-corrected chi connectivity index (χ4v) is 3.00. The molecule has 0 saturated carbocycles. The van der Waals surface area contributed by atoms with Crippen molar-refractivity contribution in [3.8, 4) is 0 Å². The number of thiophene rings is 1. The number of anilines is 1. The number of aliphatic carboxylic acids is 1. The van der Waals surface area contributed by atoms with Crippen LogP contribution in [0.4, 0.5) is 10.1 Å². The highest BCUT2D eigenvalue weighted by atomic mass is 35.5. The zero-order chi connectivity index (χ0) is 15.4. The second-order valence-corrected chi connectivity index (χ2v) is 6.24. The third-order valence-electron chi connectivity index (χ3n) is 2.82. The molecule has 0 aliphatic carbocycles. The molecule has 110 valence electrons. The molecule has 2 aromatic rings. The van der Waals surface area contributed by atoms with Crippen molar-refractivity contribution < 1.29 is 14.3 Å². The van der Waals surface area contributed by atoms with E-state index < -0.39 is 11.8 Å². The lowest BCUT2D eigenvalue weighted by Crippen LogP contribution is -2.16. The molecule has 0 saturated heterocycles. The molecule has 1 aromatic carbocycles. The molecule has 0 spiro atoms. The lowest BCUT2D eigenvalue weighted by molar-refractivity contribution is -0.131. The third-order valence-corrected chi connectivity index (χ3v) is 4.04. The van der Waals surface area contributed by atoms with Crippen LogP contribution in [0.1, 0.15) is 10.4 Å². The van der Waals surface area contributed by atoms with Gasteiger partial charge in [-0.25, -0.2) is 9.18 Å². The topological polar surface area (TPSA) is 40.5 Å². The number of halogens is 2. The molecular formula is C15H13ClFNO2S. The average Bonchev–Trinajstić information content (AvgIpc) is 2.81. The third kappa shape index (κ3) is 4.31. The van der Waals surface area contributed by atoms with Crippen molar-refractivity contribution in [2.45, 2.75) is 6.54 Å². The number of benzene rings is 1. The summed E-state index contributed by atoms with van der Waals surface area (Å²) in [5.74, 6) is -1.46. The SMILES string of the molecule is CN(Cc1ccc(Cl)s1)c1ccc(C=CC(=O)O)cc1F. The summed E-state index contributed by atoms with van der Waals surface area (Å²) >= 11 is 7.33. The predicted molar refractivity (Wildman–Crippen MR) is 84.5 cm³/mol. The summed E-state index contributed by atoms with van der Waals surface area (Å²) in [5.41, 5.74) is 0.957. The Balaban J connectivity index is 2.14. The second kappa shape index (κ2) is 6.74. The summed E-state index contributed by atoms with van der Waals surface area (Å²) in [7, 11) is 1.79. The first-order valence-electron chi connectivity index (χ1n) is 6.11. The first-order valence-corrected chi connectivity index (χ1v) is 7.31. The lowest BCUT2D eigenvalue weighted by atomic mass is 10.1. The van der Waals surface area contributed by atoms with Crippen LogP contribution < -0.4 is 4.90 Å². The minimum absolute atomic E-state index is 0.396. The van der Waals surface area contributed by atoms with Crippen LogP contribution in [0, 0.1) is 5.82 Å². The molecule has 1 heterocycles. The first-order chi connectivity index (χ1) is 9.95. The quantitative estimate of drug-likeness (QED) is 0.834. The molecule has 0 aliphatic rings. The molecule has 0 aliphatic heterocycles. The van der Waals surface area contributed by atoms with Gasteiger partial charge in [-0.3, -0.25) is 0 Å². The summed E-state index contributed by atoms with van der Waals surface area (Å²) in [6, 6.07) is 8.34. The van der Waals surface area contributed by atoms with Gasteiger partial charge in [0, 0.05) is 18.0 Å². The molecule has 0 amide bonds. The Morgan fingerprint density at radius 2 is 2.19 bits per heavy atom. The van der Waals surface area contributed by atoms with Gasteiger partial charge >= 0.3 is 5.97 Å². The van der Waals surface area contributed by atoms with Crippen molar-refractivity contribution in [1.82, 2.24) is 0 Å². The smallest absolute Gasteiger partial charge is 0.328 e. The Kier molecular flexibility index (Phi) is 4.98. The summed E-state index contributed by atoms with van der Waals surface area (Å²) in [6.45, 7) is 0.554. The molecule has 0 unspecified atom stereocenters. The standard InChI is InChI=1S/C15H13ClFNO2S/c1-18(9-11-4-6-14(16)21-11)13-5-2-10(8-12(13)17)3-7-15(19)20/h2-8H,9H2,1H3,(H,19,20). The average molecular weight is 326 g/mol. The van der Waals surface area contributed by atoms with Gasteiger partial charge in [0.05, 0.1) is 16.6 Å². The van der Waals surface area contributed by atoms with Crippen LogP contribution in [0.5, 0.6) is 0 Å². The van der Waals surface area contributed by atoms with Crippen molar-refractivity contribution >= 4 is 40.7 Å². The second-order valence-electron chi connectivity index (χ2n) is 4.44. The largest absolute Gasteiger partial charge is 0.478 e. The minimum Gasteiger partial charge on any atom is -0.478 e. The lowest BCUT2D eigenvalue weighted by Gasteiger charge is -2.19.